The number of halogens is 4. The molecule has 1 heterocycles. The van der Waals surface area contributed by atoms with Gasteiger partial charge in [-0.25, -0.2) is 9.18 Å². The second-order valence-electron chi connectivity index (χ2n) is 7.72. The van der Waals surface area contributed by atoms with Gasteiger partial charge in [-0.2, -0.15) is 13.2 Å². The van der Waals surface area contributed by atoms with Crippen LogP contribution in [0.3, 0.4) is 0 Å². The van der Waals surface area contributed by atoms with Crippen LogP contribution in [0.4, 0.5) is 22.4 Å². The molecule has 0 bridgehead atoms. The van der Waals surface area contributed by atoms with Crippen molar-refractivity contribution in [2.75, 3.05) is 32.8 Å². The SMILES string of the molecule is Cc1ccc(CN2CCN(C(=O)OC(C)C(F)(F)F)CC2)c(OCC(C)C)c1F. The molecule has 164 valence electrons. The van der Waals surface area contributed by atoms with E-state index in [0.29, 0.717) is 37.4 Å². The summed E-state index contributed by atoms with van der Waals surface area (Å²) in [6.45, 7) is 8.60. The van der Waals surface area contributed by atoms with Gasteiger partial charge in [-0.15, -0.1) is 0 Å². The molecule has 0 radical (unpaired) electrons. The lowest BCUT2D eigenvalue weighted by molar-refractivity contribution is -0.200. The molecular formula is C20H28F4N2O3. The molecule has 1 atom stereocenters. The van der Waals surface area contributed by atoms with E-state index in [4.69, 9.17) is 4.74 Å². The van der Waals surface area contributed by atoms with Crippen LogP contribution in [-0.2, 0) is 11.3 Å². The van der Waals surface area contributed by atoms with E-state index < -0.39 is 18.4 Å². The van der Waals surface area contributed by atoms with Crippen molar-refractivity contribution in [2.45, 2.75) is 46.5 Å². The zero-order chi connectivity index (χ0) is 21.8. The monoisotopic (exact) mass is 420 g/mol. The smallest absolute Gasteiger partial charge is 0.425 e. The van der Waals surface area contributed by atoms with E-state index in [1.165, 1.54) is 4.90 Å². The second kappa shape index (κ2) is 9.65. The van der Waals surface area contributed by atoms with Crippen LogP contribution in [0, 0.1) is 18.7 Å². The zero-order valence-electron chi connectivity index (χ0n) is 17.2. The molecule has 5 nitrogen and oxygen atoms in total. The van der Waals surface area contributed by atoms with E-state index in [9.17, 15) is 22.4 Å². The Labute approximate surface area is 168 Å². The van der Waals surface area contributed by atoms with Gasteiger partial charge in [0, 0.05) is 38.3 Å². The molecule has 1 fully saturated rings. The molecule has 1 aliphatic heterocycles. The molecule has 1 aromatic carbocycles. The maximum atomic E-state index is 14.5. The summed E-state index contributed by atoms with van der Waals surface area (Å²) in [6, 6.07) is 3.51. The molecule has 29 heavy (non-hydrogen) atoms. The number of piperazine rings is 1. The van der Waals surface area contributed by atoms with Crippen molar-refractivity contribution in [3.05, 3.63) is 29.1 Å². The normalized spacial score (nSPS) is 16.8. The highest BCUT2D eigenvalue weighted by molar-refractivity contribution is 5.68. The molecule has 9 heteroatoms. The Balaban J connectivity index is 1.96. The Morgan fingerprint density at radius 2 is 1.76 bits per heavy atom. The summed E-state index contributed by atoms with van der Waals surface area (Å²) in [5.74, 6) is 0.0995. The van der Waals surface area contributed by atoms with Gasteiger partial charge in [-0.3, -0.25) is 4.90 Å². The Kier molecular flexibility index (Phi) is 7.73. The highest BCUT2D eigenvalue weighted by Crippen LogP contribution is 2.28. The van der Waals surface area contributed by atoms with Crippen molar-refractivity contribution < 1.29 is 31.8 Å². The summed E-state index contributed by atoms with van der Waals surface area (Å²) in [4.78, 5) is 15.2. The predicted octanol–water partition coefficient (Wildman–Crippen LogP) is 4.37. The van der Waals surface area contributed by atoms with E-state index in [2.05, 4.69) is 4.74 Å². The largest absolute Gasteiger partial charge is 0.490 e. The standard InChI is InChI=1S/C20H28F4N2O3/c1-13(2)12-28-18-16(6-5-14(3)17(18)21)11-25-7-9-26(10-8-25)19(27)29-15(4)20(22,23)24/h5-6,13,15H,7-12H2,1-4H3. The number of carbonyl (C=O) groups is 1. The molecule has 0 N–H and O–H groups in total. The molecular weight excluding hydrogens is 392 g/mol. The molecule has 1 aromatic rings. The van der Waals surface area contributed by atoms with Gasteiger partial charge in [-0.1, -0.05) is 26.0 Å². The molecule has 0 spiro atoms. The van der Waals surface area contributed by atoms with E-state index in [1.807, 2.05) is 24.8 Å². The third-order valence-electron chi connectivity index (χ3n) is 4.70. The van der Waals surface area contributed by atoms with Gasteiger partial charge in [-0.05, 0) is 25.3 Å². The summed E-state index contributed by atoms with van der Waals surface area (Å²) in [5.41, 5.74) is 1.20. The quantitative estimate of drug-likeness (QED) is 0.641. The molecule has 0 aromatic heterocycles. The van der Waals surface area contributed by atoms with Crippen LogP contribution in [-0.4, -0.2) is 61.0 Å². The number of hydrogen-bond acceptors (Lipinski definition) is 4. The number of benzene rings is 1. The van der Waals surface area contributed by atoms with Crippen LogP contribution in [0.5, 0.6) is 5.75 Å². The van der Waals surface area contributed by atoms with E-state index in [1.54, 1.807) is 13.0 Å². The minimum absolute atomic E-state index is 0.236. The number of aryl methyl sites for hydroxylation is 1. The number of rotatable bonds is 6. The summed E-state index contributed by atoms with van der Waals surface area (Å²) < 4.78 is 62.4. The third kappa shape index (κ3) is 6.48. The van der Waals surface area contributed by atoms with Gasteiger partial charge in [0.1, 0.15) is 0 Å². The second-order valence-corrected chi connectivity index (χ2v) is 7.72. The first-order valence-electron chi connectivity index (χ1n) is 9.64. The Morgan fingerprint density at radius 3 is 2.31 bits per heavy atom. The molecule has 0 saturated carbocycles. The zero-order valence-corrected chi connectivity index (χ0v) is 17.2. The molecule has 1 amide bonds. The highest BCUT2D eigenvalue weighted by atomic mass is 19.4. The number of nitrogens with zero attached hydrogens (tertiary/aromatic N) is 2. The van der Waals surface area contributed by atoms with E-state index >= 15 is 0 Å². The van der Waals surface area contributed by atoms with Gasteiger partial charge >= 0.3 is 12.3 Å². The fraction of sp³-hybridized carbons (Fsp3) is 0.650. The third-order valence-corrected chi connectivity index (χ3v) is 4.70. The Bertz CT molecular complexity index is 702. The van der Waals surface area contributed by atoms with Crippen molar-refractivity contribution in [3.8, 4) is 5.75 Å². The first-order valence-corrected chi connectivity index (χ1v) is 9.64. The summed E-state index contributed by atoms with van der Waals surface area (Å²) >= 11 is 0. The molecule has 1 aliphatic rings. The average molecular weight is 420 g/mol. The van der Waals surface area contributed by atoms with E-state index in [0.717, 1.165) is 6.92 Å². The number of amides is 1. The number of alkyl halides is 3. The van der Waals surface area contributed by atoms with Crippen LogP contribution in [0.2, 0.25) is 0 Å². The molecule has 1 unspecified atom stereocenters. The number of hydrogen-bond donors (Lipinski definition) is 0. The van der Waals surface area contributed by atoms with E-state index in [-0.39, 0.29) is 30.6 Å². The van der Waals surface area contributed by atoms with Crippen molar-refractivity contribution in [3.63, 3.8) is 0 Å². The van der Waals surface area contributed by atoms with Crippen molar-refractivity contribution in [2.24, 2.45) is 5.92 Å². The first kappa shape index (κ1) is 23.3. The van der Waals surface area contributed by atoms with Gasteiger partial charge < -0.3 is 14.4 Å². The Hall–Kier alpha value is -2.03. The molecule has 0 aliphatic carbocycles. The van der Waals surface area contributed by atoms with Gasteiger partial charge in [0.25, 0.3) is 0 Å². The molecule has 2 rings (SSSR count). The number of carbonyl (C=O) groups excluding carboxylic acids is 1. The lowest BCUT2D eigenvalue weighted by Crippen LogP contribution is -2.49. The van der Waals surface area contributed by atoms with Crippen molar-refractivity contribution in [1.82, 2.24) is 9.80 Å². The minimum Gasteiger partial charge on any atom is -0.490 e. The van der Waals surface area contributed by atoms with Crippen LogP contribution in [0.1, 0.15) is 31.9 Å². The van der Waals surface area contributed by atoms with Gasteiger partial charge in [0.2, 0.25) is 0 Å². The van der Waals surface area contributed by atoms with Crippen LogP contribution in [0.15, 0.2) is 12.1 Å². The predicted molar refractivity (Wildman–Crippen MR) is 100 cm³/mol. The van der Waals surface area contributed by atoms with Crippen LogP contribution < -0.4 is 4.74 Å². The van der Waals surface area contributed by atoms with Crippen LogP contribution in [0.25, 0.3) is 0 Å². The summed E-state index contributed by atoms with van der Waals surface area (Å²) in [6.07, 6.45) is -7.71. The Morgan fingerprint density at radius 1 is 1.14 bits per heavy atom. The van der Waals surface area contributed by atoms with Gasteiger partial charge in [0.15, 0.2) is 17.7 Å². The average Bonchev–Trinajstić information content (AvgIpc) is 2.64. The highest BCUT2D eigenvalue weighted by Gasteiger charge is 2.40. The maximum Gasteiger partial charge on any atom is 0.425 e. The fourth-order valence-electron chi connectivity index (χ4n) is 2.85. The van der Waals surface area contributed by atoms with Crippen LogP contribution >= 0.6 is 0 Å². The maximum absolute atomic E-state index is 14.5. The lowest BCUT2D eigenvalue weighted by atomic mass is 10.1. The summed E-state index contributed by atoms with van der Waals surface area (Å²) in [7, 11) is 0. The van der Waals surface area contributed by atoms with Crippen molar-refractivity contribution >= 4 is 6.09 Å². The summed E-state index contributed by atoms with van der Waals surface area (Å²) in [5, 5.41) is 0. The number of ether oxygens (including phenoxy) is 2. The first-order chi connectivity index (χ1) is 13.5. The fourth-order valence-corrected chi connectivity index (χ4v) is 2.85. The molecule has 1 saturated heterocycles. The van der Waals surface area contributed by atoms with Crippen molar-refractivity contribution in [1.29, 1.82) is 0 Å². The topological polar surface area (TPSA) is 42.0 Å². The van der Waals surface area contributed by atoms with Gasteiger partial charge in [0.05, 0.1) is 6.61 Å². The lowest BCUT2D eigenvalue weighted by Gasteiger charge is -2.35. The minimum atomic E-state index is -4.58.